The van der Waals surface area contributed by atoms with Gasteiger partial charge in [0.25, 0.3) is 0 Å². The van der Waals surface area contributed by atoms with Crippen molar-refractivity contribution in [1.82, 2.24) is 46.2 Å². The number of aromatic hydroxyl groups is 1. The van der Waals surface area contributed by atoms with E-state index in [1.165, 1.54) is 25.7 Å². The molecule has 0 aromatic heterocycles. The second-order valence-corrected chi connectivity index (χ2v) is 25.5. The Labute approximate surface area is 615 Å². The molecule has 0 spiro atoms. The summed E-state index contributed by atoms with van der Waals surface area (Å²) in [6.07, 6.45) is 2.78. The zero-order chi connectivity index (χ0) is 74.3. The molecular weight excluding hydrogens is 1490 g/mol. The molecule has 0 saturated carbocycles. The van der Waals surface area contributed by atoms with Crippen LogP contribution in [-0.4, -0.2) is 252 Å². The normalized spacial score (nSPS) is 15.2. The third kappa shape index (κ3) is 38.1. The van der Waals surface area contributed by atoms with Crippen LogP contribution in [0, 0.1) is 42.8 Å². The van der Waals surface area contributed by atoms with Crippen LogP contribution in [-0.2, 0) is 75.2 Å². The average molecular weight is 1590 g/mol. The summed E-state index contributed by atoms with van der Waals surface area (Å²) in [5.74, 6) is -14.3. The molecule has 1 saturated heterocycles. The fraction of sp³-hybridized carbons (Fsp3) is 0.618. The van der Waals surface area contributed by atoms with Gasteiger partial charge in [-0.2, -0.15) is 0 Å². The number of carboxylic acids is 8. The third-order valence-corrected chi connectivity index (χ3v) is 17.1. The van der Waals surface area contributed by atoms with Crippen LogP contribution in [0.4, 0.5) is 4.79 Å². The zero-order valence-corrected chi connectivity index (χ0v) is 58.9. The molecule has 0 bridgehead atoms. The van der Waals surface area contributed by atoms with Crippen LogP contribution in [0.3, 0.4) is 0 Å². The Balaban J connectivity index is 0.0000347. The first-order chi connectivity index (χ1) is 47.4. The van der Waals surface area contributed by atoms with Crippen LogP contribution in [0.2, 0.25) is 0 Å². The van der Waals surface area contributed by atoms with Crippen molar-refractivity contribution in [2.45, 2.75) is 185 Å². The van der Waals surface area contributed by atoms with E-state index in [4.69, 9.17) is 5.11 Å². The number of ketones is 2. The van der Waals surface area contributed by atoms with Gasteiger partial charge in [0, 0.05) is 110 Å². The predicted octanol–water partition coefficient (Wildman–Crippen LogP) is 1.52. The van der Waals surface area contributed by atoms with Crippen molar-refractivity contribution in [1.29, 1.82) is 0 Å². The first-order valence-corrected chi connectivity index (χ1v) is 33.9. The maximum Gasteiger partial charge on any atom is 3.00 e. The number of nitrogens with one attached hydrogen (secondary N) is 5. The summed E-state index contributed by atoms with van der Waals surface area (Å²) in [4.78, 5) is 182. The number of urea groups is 1. The number of phenols is 1. The SMILES string of the molecule is CC(C)c1cc(C[C@@H](NC(=O)CC[C@@H](C(=O)O)N2CCN(CC(=O)[O-])CCN(CC(=O)O)CCN(CC(=O)O)CC2)C(=O)C[C@H](Cc2ccccc2)C(=O)N[C@H](CCCCNC(=O)CCCCCCC(=O)CCCCC[C@H](NC(=O)N[C@@H](CCC(=O)O)C(=O)O)C(=O)O)C(=O)O)ccc1O.[177Lu+3]. The van der Waals surface area contributed by atoms with Gasteiger partial charge in [-0.1, -0.05) is 82.0 Å². The summed E-state index contributed by atoms with van der Waals surface area (Å²) in [6, 6.07) is 5.25. The Bertz CT molecular complexity index is 3020. The van der Waals surface area contributed by atoms with E-state index in [0.29, 0.717) is 74.5 Å². The summed E-state index contributed by atoms with van der Waals surface area (Å²) < 4.78 is 0. The number of hydrogen-bond donors (Lipinski definition) is 13. The second kappa shape index (κ2) is 48.8. The Morgan fingerprint density at radius 3 is 1.50 bits per heavy atom. The van der Waals surface area contributed by atoms with Gasteiger partial charge in [0.2, 0.25) is 17.7 Å². The largest absolute Gasteiger partial charge is 3.00 e. The molecule has 1 aliphatic heterocycles. The fourth-order valence-electron chi connectivity index (χ4n) is 11.5. The number of rotatable bonds is 48. The molecule has 33 heteroatoms. The predicted molar refractivity (Wildman–Crippen MR) is 357 cm³/mol. The second-order valence-electron chi connectivity index (χ2n) is 25.5. The minimum Gasteiger partial charge on any atom is -0.549 e. The van der Waals surface area contributed by atoms with Crippen LogP contribution in [0.15, 0.2) is 48.5 Å². The van der Waals surface area contributed by atoms with E-state index >= 15 is 0 Å². The molecule has 568 valence electrons. The van der Waals surface area contributed by atoms with Gasteiger partial charge in [0.05, 0.1) is 25.1 Å². The first kappa shape index (κ1) is 89.2. The Morgan fingerprint density at radius 2 is 0.980 bits per heavy atom. The van der Waals surface area contributed by atoms with Crippen molar-refractivity contribution in [3.63, 3.8) is 0 Å². The van der Waals surface area contributed by atoms with Crippen LogP contribution in [0.1, 0.15) is 158 Å². The molecule has 32 nitrogen and oxygen atoms in total. The topological polar surface area (TPSA) is 497 Å². The molecule has 1 fully saturated rings. The van der Waals surface area contributed by atoms with Crippen molar-refractivity contribution in [3.05, 3.63) is 65.2 Å². The van der Waals surface area contributed by atoms with Gasteiger partial charge >= 0.3 is 84.7 Å². The zero-order valence-electron chi connectivity index (χ0n) is 57.2. The minimum atomic E-state index is -1.53. The van der Waals surface area contributed by atoms with Gasteiger partial charge in [0.15, 0.2) is 5.78 Å². The third-order valence-electron chi connectivity index (χ3n) is 17.1. The molecule has 0 aliphatic carbocycles. The van der Waals surface area contributed by atoms with E-state index in [1.807, 2.05) is 13.8 Å². The number of amides is 5. The monoisotopic (exact) mass is 1590 g/mol. The molecule has 101 heavy (non-hydrogen) atoms. The van der Waals surface area contributed by atoms with Crippen LogP contribution >= 0.6 is 0 Å². The number of Topliss-reactive ketones (excluding diaryl/α,β-unsaturated/α-hetero) is 2. The Kier molecular flexibility index (Phi) is 43.1. The molecule has 5 amide bonds. The van der Waals surface area contributed by atoms with E-state index in [9.17, 15) is 108 Å². The van der Waals surface area contributed by atoms with E-state index in [-0.39, 0.29) is 171 Å². The van der Waals surface area contributed by atoms with Crippen LogP contribution < -0.4 is 31.7 Å². The Morgan fingerprint density at radius 1 is 0.475 bits per heavy atom. The van der Waals surface area contributed by atoms with E-state index < -0.39 is 153 Å². The summed E-state index contributed by atoms with van der Waals surface area (Å²) in [6.45, 7) is 2.56. The molecule has 0 unspecified atom stereocenters. The molecule has 2 aromatic carbocycles. The van der Waals surface area contributed by atoms with Crippen LogP contribution in [0.25, 0.3) is 0 Å². The first-order valence-electron chi connectivity index (χ1n) is 33.9. The molecule has 1 aliphatic rings. The van der Waals surface area contributed by atoms with E-state index in [0.717, 1.165) is 0 Å². The van der Waals surface area contributed by atoms with Gasteiger partial charge in [0.1, 0.15) is 35.7 Å². The summed E-state index contributed by atoms with van der Waals surface area (Å²) in [5.41, 5.74) is 1.69. The number of nitrogens with zero attached hydrogens (tertiary/aromatic N) is 4. The van der Waals surface area contributed by atoms with Crippen molar-refractivity contribution in [2.24, 2.45) is 5.92 Å². The summed E-state index contributed by atoms with van der Waals surface area (Å²) >= 11 is 0. The van der Waals surface area contributed by atoms with Crippen molar-refractivity contribution < 1.29 is 150 Å². The van der Waals surface area contributed by atoms with E-state index in [1.54, 1.807) is 42.5 Å². The molecule has 1 heterocycles. The molecule has 13 N–H and O–H groups in total. The standard InChI is InChI=1S/C68H101N9O23.Lu/c1-44(2)49-38-46(22-25-55(49)79)39-53(70-58(82)26-24-54(67(98)99)77-35-33-75(42-61(87)88)31-29-74(41-60(85)86)30-32-76(34-36-77)43-62(89)90)56(80)40-47(37-45-15-7-5-8-16-45)63(91)71-50(64(92)93)20-13-14-28-69-57(81)21-12-4-3-9-17-48(78)18-10-6-11-19-51(65(94)95)72-68(100)73-52(66(96)97)23-27-59(83)84;/h5,7-8,15-16,22,25,38,44,47,50-54,79H,3-4,6,9-14,17-21,23-24,26-37,39-43H2,1-2H3,(H,69,81)(H,70,82)(H,71,91)(H,83,84)(H,85,86)(H,87,88)(H,89,90)(H,92,93)(H,94,95)(H,96,97)(H,98,99)(H2,72,73,100);/q;+3/p-1/t47-,50+,51-,52-,53+,54-;/m0./s1/i;1+2. The van der Waals surface area contributed by atoms with Crippen LogP contribution in [0.5, 0.6) is 5.75 Å². The smallest absolute Gasteiger partial charge is 0.549 e. The maximum absolute atomic E-state index is 14.8. The van der Waals surface area contributed by atoms with Gasteiger partial charge in [-0.05, 0) is 99.3 Å². The average Bonchev–Trinajstić information content (AvgIpc) is 0.856. The molecular formula is C68H100LuN9O23+2. The quantitative estimate of drug-likeness (QED) is 0.0418. The van der Waals surface area contributed by atoms with Gasteiger partial charge in [-0.3, -0.25) is 62.8 Å². The van der Waals surface area contributed by atoms with Gasteiger partial charge in [-0.25, -0.2) is 19.2 Å². The van der Waals surface area contributed by atoms with Gasteiger partial charge in [-0.15, -0.1) is 0 Å². The number of carbonyl (C=O) groups excluding carboxylic acids is 7. The van der Waals surface area contributed by atoms with Crippen molar-refractivity contribution in [3.8, 4) is 5.75 Å². The minimum absolute atomic E-state index is 0. The van der Waals surface area contributed by atoms with E-state index in [2.05, 4.69) is 26.6 Å². The van der Waals surface area contributed by atoms with Crippen molar-refractivity contribution >= 4 is 83.1 Å². The fourth-order valence-corrected chi connectivity index (χ4v) is 11.5. The number of unbranched alkanes of at least 4 members (excludes halogenated alkanes) is 6. The summed E-state index contributed by atoms with van der Waals surface area (Å²) in [7, 11) is 0. The maximum atomic E-state index is 14.8. The molecule has 3 rings (SSSR count). The number of carbonyl (C=O) groups is 14. The number of carboxylic acid groups (broad SMARTS) is 8. The molecule has 2 aromatic rings. The number of hydrogen-bond acceptors (Lipinski definition) is 20. The number of benzene rings is 2. The van der Waals surface area contributed by atoms with Gasteiger partial charge < -0.3 is 77.3 Å². The van der Waals surface area contributed by atoms with Crippen molar-refractivity contribution in [2.75, 3.05) is 78.5 Å². The number of phenolic OH excluding ortho intramolecular Hbond substituents is 1. The molecule has 0 radical (unpaired) electrons. The molecule has 6 atom stereocenters. The summed E-state index contributed by atoms with van der Waals surface area (Å²) in [5, 5.41) is 103. The number of aliphatic carboxylic acids is 8. The Hall–Kier alpha value is -7.91.